The largest absolute Gasteiger partial charge is 0.483 e. The monoisotopic (exact) mass is 446 g/mol. The molecule has 0 radical (unpaired) electrons. The second kappa shape index (κ2) is 10.6. The summed E-state index contributed by atoms with van der Waals surface area (Å²) < 4.78 is 32.6. The van der Waals surface area contributed by atoms with Crippen molar-refractivity contribution >= 4 is 41.7 Å². The van der Waals surface area contributed by atoms with Gasteiger partial charge in [-0.05, 0) is 18.2 Å². The lowest BCUT2D eigenvalue weighted by atomic mass is 10.1. The molecule has 0 aliphatic heterocycles. The number of hydrogen-bond acceptors (Lipinski definition) is 4. The number of rotatable bonds is 7. The van der Waals surface area contributed by atoms with Gasteiger partial charge in [0.2, 0.25) is 0 Å². The number of benzene rings is 2. The topological polar surface area (TPSA) is 117 Å². The van der Waals surface area contributed by atoms with Crippen molar-refractivity contribution in [3.05, 3.63) is 63.7 Å². The molecule has 0 fully saturated rings. The van der Waals surface area contributed by atoms with Crippen molar-refractivity contribution in [3.63, 3.8) is 0 Å². The summed E-state index contributed by atoms with van der Waals surface area (Å²) >= 11 is 5.48. The highest BCUT2D eigenvalue weighted by molar-refractivity contribution is 6.31. The van der Waals surface area contributed by atoms with Crippen molar-refractivity contribution in [2.75, 3.05) is 13.7 Å². The highest BCUT2D eigenvalue weighted by atomic mass is 35.5. The van der Waals surface area contributed by atoms with Gasteiger partial charge in [0.15, 0.2) is 12.4 Å². The van der Waals surface area contributed by atoms with Crippen molar-refractivity contribution < 1.29 is 23.1 Å². The minimum Gasteiger partial charge on any atom is -0.483 e. The van der Waals surface area contributed by atoms with Crippen LogP contribution in [0.5, 0.6) is 5.75 Å². The van der Waals surface area contributed by atoms with Crippen LogP contribution in [0.4, 0.5) is 8.78 Å². The van der Waals surface area contributed by atoms with E-state index < -0.39 is 28.1 Å². The normalized spacial score (nSPS) is 9.93. The average molecular weight is 447 g/mol. The van der Waals surface area contributed by atoms with Crippen LogP contribution in [-0.4, -0.2) is 31.3 Å². The van der Waals surface area contributed by atoms with Crippen LogP contribution in [0.3, 0.4) is 0 Å². The first kappa shape index (κ1) is 24.1. The average Bonchev–Trinajstić information content (AvgIpc) is 2.68. The quantitative estimate of drug-likeness (QED) is 0.296. The third-order valence-corrected chi connectivity index (χ3v) is 4.08. The summed E-state index contributed by atoms with van der Waals surface area (Å²) in [6.45, 7) is -0.379. The molecule has 11 heteroatoms. The summed E-state index contributed by atoms with van der Waals surface area (Å²) in [4.78, 5) is 23.6. The molecule has 29 heavy (non-hydrogen) atoms. The van der Waals surface area contributed by atoms with E-state index in [9.17, 15) is 18.4 Å². The van der Waals surface area contributed by atoms with Gasteiger partial charge in [-0.15, -0.1) is 12.4 Å². The van der Waals surface area contributed by atoms with E-state index in [-0.39, 0.29) is 43.1 Å². The van der Waals surface area contributed by atoms with Crippen molar-refractivity contribution in [1.82, 2.24) is 10.6 Å². The molecule has 0 atom stereocenters. The highest BCUT2D eigenvalue weighted by Crippen LogP contribution is 2.23. The number of hydrogen-bond donors (Lipinski definition) is 4. The third-order valence-electron chi connectivity index (χ3n) is 3.73. The Labute approximate surface area is 176 Å². The van der Waals surface area contributed by atoms with Crippen LogP contribution in [0.15, 0.2) is 30.3 Å². The lowest BCUT2D eigenvalue weighted by Crippen LogP contribution is -2.27. The van der Waals surface area contributed by atoms with E-state index in [1.54, 1.807) is 6.07 Å². The predicted molar refractivity (Wildman–Crippen MR) is 107 cm³/mol. The molecule has 0 unspecified atom stereocenters. The number of halogens is 4. The lowest BCUT2D eigenvalue weighted by molar-refractivity contribution is -0.122. The standard InChI is InChI=1S/C18H17ClF2N4O3.ClH/c1-24-14(26)8-28-13-6-9(17(22)23)2-3-10(13)7-25-18(27)11-4-5-12(20)15(19)16(11)21;/h2-6H,7-8H2,1H3,(H3,22,23)(H,24,26)(H,25,27);1H. The fourth-order valence-corrected chi connectivity index (χ4v) is 2.35. The molecule has 156 valence electrons. The van der Waals surface area contributed by atoms with E-state index in [2.05, 4.69) is 10.6 Å². The number of nitrogens with two attached hydrogens (primary N) is 1. The smallest absolute Gasteiger partial charge is 0.257 e. The Bertz CT molecular complexity index is 942. The summed E-state index contributed by atoms with van der Waals surface area (Å²) in [5, 5.41) is 11.6. The zero-order chi connectivity index (χ0) is 20.8. The van der Waals surface area contributed by atoms with Gasteiger partial charge in [-0.3, -0.25) is 15.0 Å². The summed E-state index contributed by atoms with van der Waals surface area (Å²) in [5.41, 5.74) is 5.85. The Hall–Kier alpha value is -2.91. The molecular formula is C18H18Cl2F2N4O3. The molecule has 2 amide bonds. The number of ether oxygens (including phenoxy) is 1. The third kappa shape index (κ3) is 6.03. The first-order valence-electron chi connectivity index (χ1n) is 7.97. The van der Waals surface area contributed by atoms with Crippen LogP contribution in [0.1, 0.15) is 21.5 Å². The molecule has 7 nitrogen and oxygen atoms in total. The SMILES string of the molecule is CNC(=O)COc1cc(C(=N)N)ccc1CNC(=O)c1ccc(F)c(Cl)c1F.Cl. The molecule has 0 aliphatic carbocycles. The van der Waals surface area contributed by atoms with Crippen LogP contribution < -0.4 is 21.1 Å². The van der Waals surface area contributed by atoms with Gasteiger partial charge in [-0.2, -0.15) is 0 Å². The first-order chi connectivity index (χ1) is 13.2. The molecule has 5 N–H and O–H groups in total. The van der Waals surface area contributed by atoms with Crippen LogP contribution >= 0.6 is 24.0 Å². The number of likely N-dealkylation sites (N-methyl/N-ethyl adjacent to an activating group) is 1. The Morgan fingerprint density at radius 2 is 1.93 bits per heavy atom. The van der Waals surface area contributed by atoms with Gasteiger partial charge >= 0.3 is 0 Å². The summed E-state index contributed by atoms with van der Waals surface area (Å²) in [6.07, 6.45) is 0. The number of amidine groups is 1. The van der Waals surface area contributed by atoms with Crippen molar-refractivity contribution in [3.8, 4) is 5.75 Å². The number of amides is 2. The van der Waals surface area contributed by atoms with E-state index in [4.69, 9.17) is 27.5 Å². The molecule has 0 bridgehead atoms. The molecule has 0 heterocycles. The van der Waals surface area contributed by atoms with Crippen molar-refractivity contribution in [2.24, 2.45) is 5.73 Å². The fourth-order valence-electron chi connectivity index (χ4n) is 2.19. The molecule has 0 aliphatic rings. The van der Waals surface area contributed by atoms with E-state index in [0.29, 0.717) is 11.1 Å². The number of nitrogens with one attached hydrogen (secondary N) is 3. The zero-order valence-corrected chi connectivity index (χ0v) is 16.7. The molecule has 2 aromatic rings. The number of carbonyl (C=O) groups excluding carboxylic acids is 2. The van der Waals surface area contributed by atoms with Crippen LogP contribution in [0, 0.1) is 17.0 Å². The number of nitrogen functional groups attached to an aromatic ring is 1. The molecular weight excluding hydrogens is 429 g/mol. The van der Waals surface area contributed by atoms with E-state index in [1.165, 1.54) is 19.2 Å². The van der Waals surface area contributed by atoms with Gasteiger partial charge in [0, 0.05) is 24.7 Å². The van der Waals surface area contributed by atoms with E-state index in [1.807, 2.05) is 0 Å². The Morgan fingerprint density at radius 1 is 1.24 bits per heavy atom. The second-order valence-electron chi connectivity index (χ2n) is 5.60. The maximum atomic E-state index is 14.0. The van der Waals surface area contributed by atoms with Crippen molar-refractivity contribution in [2.45, 2.75) is 6.54 Å². The van der Waals surface area contributed by atoms with Gasteiger partial charge in [-0.1, -0.05) is 23.7 Å². The predicted octanol–water partition coefficient (Wildman–Crippen LogP) is 2.38. The zero-order valence-electron chi connectivity index (χ0n) is 15.1. The molecule has 0 saturated carbocycles. The molecule has 0 saturated heterocycles. The Morgan fingerprint density at radius 3 is 2.55 bits per heavy atom. The highest BCUT2D eigenvalue weighted by Gasteiger charge is 2.18. The van der Waals surface area contributed by atoms with E-state index >= 15 is 0 Å². The summed E-state index contributed by atoms with van der Waals surface area (Å²) in [6, 6.07) is 6.39. The summed E-state index contributed by atoms with van der Waals surface area (Å²) in [7, 11) is 1.45. The first-order valence-corrected chi connectivity index (χ1v) is 8.34. The molecule has 0 aromatic heterocycles. The minimum atomic E-state index is -1.16. The lowest BCUT2D eigenvalue weighted by Gasteiger charge is -2.14. The van der Waals surface area contributed by atoms with Gasteiger partial charge < -0.3 is 21.1 Å². The maximum Gasteiger partial charge on any atom is 0.257 e. The Kier molecular flexibility index (Phi) is 8.81. The van der Waals surface area contributed by atoms with Crippen LogP contribution in [-0.2, 0) is 11.3 Å². The molecule has 0 spiro atoms. The van der Waals surface area contributed by atoms with Gasteiger partial charge in [0.1, 0.15) is 22.4 Å². The van der Waals surface area contributed by atoms with Crippen LogP contribution in [0.25, 0.3) is 0 Å². The number of carbonyl (C=O) groups is 2. The second-order valence-corrected chi connectivity index (χ2v) is 5.98. The minimum absolute atomic E-state index is 0. The summed E-state index contributed by atoms with van der Waals surface area (Å²) in [5.74, 6) is -3.32. The maximum absolute atomic E-state index is 14.0. The molecule has 2 rings (SSSR count). The fraction of sp³-hybridized carbons (Fsp3) is 0.167. The van der Waals surface area contributed by atoms with Gasteiger partial charge in [0.05, 0.1) is 5.56 Å². The van der Waals surface area contributed by atoms with Gasteiger partial charge in [-0.25, -0.2) is 8.78 Å². The Balaban J connectivity index is 0.00000420. The van der Waals surface area contributed by atoms with E-state index in [0.717, 1.165) is 12.1 Å². The van der Waals surface area contributed by atoms with Crippen LogP contribution in [0.2, 0.25) is 5.02 Å². The molecule has 2 aromatic carbocycles. The van der Waals surface area contributed by atoms with Gasteiger partial charge in [0.25, 0.3) is 11.8 Å². The van der Waals surface area contributed by atoms with Crippen molar-refractivity contribution in [1.29, 1.82) is 5.41 Å².